The summed E-state index contributed by atoms with van der Waals surface area (Å²) in [5.41, 5.74) is 3.66. The molecule has 0 atom stereocenters. The largest absolute Gasteiger partial charge is 0.339 e. The lowest BCUT2D eigenvalue weighted by molar-refractivity contribution is -0.119. The van der Waals surface area contributed by atoms with Gasteiger partial charge in [0.25, 0.3) is 0 Å². The molecule has 0 bridgehead atoms. The number of halogens is 1. The van der Waals surface area contributed by atoms with Gasteiger partial charge in [0.2, 0.25) is 11.8 Å². The van der Waals surface area contributed by atoms with E-state index in [0.29, 0.717) is 24.6 Å². The van der Waals surface area contributed by atoms with Crippen LogP contribution in [0.25, 0.3) is 11.1 Å². The Balaban J connectivity index is 1.63. The third-order valence-electron chi connectivity index (χ3n) is 4.87. The van der Waals surface area contributed by atoms with E-state index >= 15 is 0 Å². The van der Waals surface area contributed by atoms with Crippen LogP contribution in [-0.4, -0.2) is 16.0 Å². The zero-order chi connectivity index (χ0) is 19.9. The summed E-state index contributed by atoms with van der Waals surface area (Å²) in [6.07, 6.45) is 1.11. The highest BCUT2D eigenvalue weighted by atomic mass is 19.1. The minimum absolute atomic E-state index is 0.0455. The number of aromatic nitrogens is 2. The van der Waals surface area contributed by atoms with Gasteiger partial charge in [-0.05, 0) is 47.4 Å². The van der Waals surface area contributed by atoms with E-state index in [0.717, 1.165) is 22.4 Å². The molecule has 2 aromatic carbocycles. The van der Waals surface area contributed by atoms with Crippen LogP contribution in [0.5, 0.6) is 0 Å². The Morgan fingerprint density at radius 2 is 1.79 bits per heavy atom. The van der Waals surface area contributed by atoms with Crippen molar-refractivity contribution in [2.45, 2.75) is 45.6 Å². The molecule has 0 aliphatic carbocycles. The molecule has 4 rings (SSSR count). The Labute approximate surface area is 163 Å². The standard InChI is InChI=1S/C22H22FN3O2/c1-22(2,3)21-24-19(25-28-21)13-26-18-10-6-15(12-16(18)7-11-20(26)27)14-4-8-17(23)9-5-14/h4-6,8-10,12H,7,11,13H2,1-3H3. The lowest BCUT2D eigenvalue weighted by Gasteiger charge is -2.29. The molecular formula is C22H22FN3O2. The number of aryl methyl sites for hydroxylation is 1. The fraction of sp³-hybridized carbons (Fsp3) is 0.318. The minimum Gasteiger partial charge on any atom is -0.339 e. The number of rotatable bonds is 3. The molecule has 0 saturated carbocycles. The van der Waals surface area contributed by atoms with Gasteiger partial charge in [-0.3, -0.25) is 4.79 Å². The minimum atomic E-state index is -0.256. The van der Waals surface area contributed by atoms with Crippen LogP contribution in [0.2, 0.25) is 0 Å². The molecule has 1 aliphatic heterocycles. The molecule has 144 valence electrons. The summed E-state index contributed by atoms with van der Waals surface area (Å²) in [6, 6.07) is 12.4. The zero-order valence-electron chi connectivity index (χ0n) is 16.2. The Morgan fingerprint density at radius 3 is 2.46 bits per heavy atom. The van der Waals surface area contributed by atoms with Gasteiger partial charge in [-0.15, -0.1) is 0 Å². The van der Waals surface area contributed by atoms with E-state index in [1.165, 1.54) is 12.1 Å². The van der Waals surface area contributed by atoms with Crippen molar-refractivity contribution in [3.8, 4) is 11.1 Å². The normalized spacial score (nSPS) is 14.3. The van der Waals surface area contributed by atoms with Gasteiger partial charge in [0, 0.05) is 17.5 Å². The topological polar surface area (TPSA) is 59.2 Å². The van der Waals surface area contributed by atoms with E-state index in [-0.39, 0.29) is 23.7 Å². The smallest absolute Gasteiger partial charge is 0.232 e. The molecule has 3 aromatic rings. The van der Waals surface area contributed by atoms with Gasteiger partial charge in [-0.25, -0.2) is 4.39 Å². The number of anilines is 1. The molecule has 0 fully saturated rings. The van der Waals surface area contributed by atoms with Crippen molar-refractivity contribution in [1.29, 1.82) is 0 Å². The lowest BCUT2D eigenvalue weighted by atomic mass is 9.95. The van der Waals surface area contributed by atoms with Crippen molar-refractivity contribution in [3.05, 3.63) is 65.6 Å². The van der Waals surface area contributed by atoms with Gasteiger partial charge in [0.15, 0.2) is 5.82 Å². The van der Waals surface area contributed by atoms with E-state index in [9.17, 15) is 9.18 Å². The molecule has 5 nitrogen and oxygen atoms in total. The molecule has 6 heteroatoms. The van der Waals surface area contributed by atoms with Crippen LogP contribution in [0.3, 0.4) is 0 Å². The van der Waals surface area contributed by atoms with Crippen molar-refractivity contribution < 1.29 is 13.7 Å². The third kappa shape index (κ3) is 3.54. The van der Waals surface area contributed by atoms with Crippen LogP contribution in [0.15, 0.2) is 47.0 Å². The predicted octanol–water partition coefficient (Wildman–Crippen LogP) is 4.65. The second-order valence-corrected chi connectivity index (χ2v) is 8.10. The molecular weight excluding hydrogens is 357 g/mol. The first-order chi connectivity index (χ1) is 13.3. The molecule has 2 heterocycles. The van der Waals surface area contributed by atoms with Crippen molar-refractivity contribution in [2.75, 3.05) is 4.90 Å². The molecule has 0 N–H and O–H groups in total. The molecule has 0 unspecified atom stereocenters. The first kappa shape index (κ1) is 18.3. The fourth-order valence-corrected chi connectivity index (χ4v) is 3.32. The van der Waals surface area contributed by atoms with Gasteiger partial charge in [0.05, 0.1) is 6.54 Å². The monoisotopic (exact) mass is 379 g/mol. The lowest BCUT2D eigenvalue weighted by Crippen LogP contribution is -2.35. The molecule has 1 aliphatic rings. The molecule has 28 heavy (non-hydrogen) atoms. The number of nitrogens with zero attached hydrogens (tertiary/aromatic N) is 3. The van der Waals surface area contributed by atoms with Gasteiger partial charge in [-0.1, -0.05) is 44.1 Å². The van der Waals surface area contributed by atoms with Crippen LogP contribution in [0.4, 0.5) is 10.1 Å². The van der Waals surface area contributed by atoms with Crippen molar-refractivity contribution in [2.24, 2.45) is 0 Å². The summed E-state index contributed by atoms with van der Waals surface area (Å²) in [7, 11) is 0. The first-order valence-electron chi connectivity index (χ1n) is 9.33. The van der Waals surface area contributed by atoms with Crippen molar-refractivity contribution in [1.82, 2.24) is 10.1 Å². The maximum atomic E-state index is 13.2. The molecule has 1 aromatic heterocycles. The second kappa shape index (κ2) is 6.86. The van der Waals surface area contributed by atoms with Crippen molar-refractivity contribution >= 4 is 11.6 Å². The molecule has 0 spiro atoms. The van der Waals surface area contributed by atoms with Crippen LogP contribution in [0.1, 0.15) is 44.5 Å². The zero-order valence-corrected chi connectivity index (χ0v) is 16.2. The molecule has 1 amide bonds. The summed E-state index contributed by atoms with van der Waals surface area (Å²) < 4.78 is 18.5. The van der Waals surface area contributed by atoms with E-state index < -0.39 is 0 Å². The number of benzene rings is 2. The average molecular weight is 379 g/mol. The summed E-state index contributed by atoms with van der Waals surface area (Å²) in [5, 5.41) is 4.04. The van der Waals surface area contributed by atoms with Crippen LogP contribution < -0.4 is 4.90 Å². The summed E-state index contributed by atoms with van der Waals surface area (Å²) in [6.45, 7) is 6.29. The SMILES string of the molecule is CC(C)(C)c1nc(CN2C(=O)CCc3cc(-c4ccc(F)cc4)ccc32)no1. The second-order valence-electron chi connectivity index (χ2n) is 8.10. The van der Waals surface area contributed by atoms with Gasteiger partial charge in [0.1, 0.15) is 5.82 Å². The average Bonchev–Trinajstić information content (AvgIpc) is 3.13. The van der Waals surface area contributed by atoms with E-state index in [2.05, 4.69) is 16.2 Å². The highest BCUT2D eigenvalue weighted by Gasteiger charge is 2.27. The highest BCUT2D eigenvalue weighted by molar-refractivity contribution is 5.96. The Hall–Kier alpha value is -3.02. The van der Waals surface area contributed by atoms with E-state index in [1.807, 2.05) is 32.9 Å². The predicted molar refractivity (Wildman–Crippen MR) is 104 cm³/mol. The van der Waals surface area contributed by atoms with Gasteiger partial charge >= 0.3 is 0 Å². The van der Waals surface area contributed by atoms with Crippen LogP contribution >= 0.6 is 0 Å². The maximum Gasteiger partial charge on any atom is 0.232 e. The van der Waals surface area contributed by atoms with E-state index in [1.54, 1.807) is 17.0 Å². The van der Waals surface area contributed by atoms with Crippen LogP contribution in [-0.2, 0) is 23.2 Å². The molecule has 0 saturated heterocycles. The maximum absolute atomic E-state index is 13.2. The number of carbonyl (C=O) groups excluding carboxylic acids is 1. The summed E-state index contributed by atoms with van der Waals surface area (Å²) >= 11 is 0. The summed E-state index contributed by atoms with van der Waals surface area (Å²) in [5.74, 6) is 0.838. The number of amides is 1. The molecule has 0 radical (unpaired) electrons. The Kier molecular flexibility index (Phi) is 4.49. The summed E-state index contributed by atoms with van der Waals surface area (Å²) in [4.78, 5) is 18.7. The number of carbonyl (C=O) groups is 1. The number of hydrogen-bond acceptors (Lipinski definition) is 4. The van der Waals surface area contributed by atoms with Crippen LogP contribution in [0, 0.1) is 5.82 Å². The van der Waals surface area contributed by atoms with E-state index in [4.69, 9.17) is 4.52 Å². The third-order valence-corrected chi connectivity index (χ3v) is 4.87. The Morgan fingerprint density at radius 1 is 1.07 bits per heavy atom. The first-order valence-corrected chi connectivity index (χ1v) is 9.33. The quantitative estimate of drug-likeness (QED) is 0.664. The highest BCUT2D eigenvalue weighted by Crippen LogP contribution is 2.33. The van der Waals surface area contributed by atoms with Gasteiger partial charge < -0.3 is 9.42 Å². The van der Waals surface area contributed by atoms with Crippen molar-refractivity contribution in [3.63, 3.8) is 0 Å². The van der Waals surface area contributed by atoms with Gasteiger partial charge in [-0.2, -0.15) is 4.98 Å². The Bertz CT molecular complexity index is 1020. The fourth-order valence-electron chi connectivity index (χ4n) is 3.32. The number of fused-ring (bicyclic) bond motifs is 1. The number of hydrogen-bond donors (Lipinski definition) is 0.